The minimum absolute atomic E-state index is 0.0541. The quantitative estimate of drug-likeness (QED) is 0.837. The van der Waals surface area contributed by atoms with Crippen LogP contribution in [-0.2, 0) is 9.59 Å². The van der Waals surface area contributed by atoms with E-state index in [9.17, 15) is 14.4 Å². The number of nitrogens with one attached hydrogen (secondary N) is 2. The molecule has 0 bridgehead atoms. The summed E-state index contributed by atoms with van der Waals surface area (Å²) in [6.07, 6.45) is 2.00. The smallest absolute Gasteiger partial charge is 0.251 e. The molecule has 1 aromatic carbocycles. The lowest BCUT2D eigenvalue weighted by Crippen LogP contribution is -2.42. The zero-order chi connectivity index (χ0) is 16.8. The van der Waals surface area contributed by atoms with Crippen LogP contribution in [0, 0.1) is 0 Å². The molecule has 0 radical (unpaired) electrons. The molecular weight excluding hydrogens is 341 g/mol. The molecule has 1 aliphatic heterocycles. The largest absolute Gasteiger partial charge is 0.345 e. The number of rotatable bonds is 5. The molecule has 2 rings (SSSR count). The third-order valence-corrected chi connectivity index (χ3v) is 4.23. The van der Waals surface area contributed by atoms with E-state index in [-0.39, 0.29) is 24.0 Å². The predicted molar refractivity (Wildman–Crippen MR) is 87.6 cm³/mol. The van der Waals surface area contributed by atoms with Crippen molar-refractivity contribution in [2.75, 3.05) is 26.2 Å². The minimum Gasteiger partial charge on any atom is -0.345 e. The molecule has 2 N–H and O–H groups in total. The number of nitrogens with zero attached hydrogens (tertiary/aromatic N) is 1. The maximum absolute atomic E-state index is 11.9. The van der Waals surface area contributed by atoms with Crippen molar-refractivity contribution in [3.8, 4) is 0 Å². The molecule has 1 aromatic rings. The van der Waals surface area contributed by atoms with Crippen LogP contribution < -0.4 is 10.6 Å². The van der Waals surface area contributed by atoms with E-state index < -0.39 is 11.8 Å². The predicted octanol–water partition coefficient (Wildman–Crippen LogP) is 1.46. The Morgan fingerprint density at radius 3 is 2.35 bits per heavy atom. The van der Waals surface area contributed by atoms with Gasteiger partial charge in [0.25, 0.3) is 5.91 Å². The van der Waals surface area contributed by atoms with Crippen molar-refractivity contribution in [1.29, 1.82) is 0 Å². The van der Waals surface area contributed by atoms with Gasteiger partial charge in [0.1, 0.15) is 0 Å². The molecule has 0 unspecified atom stereocenters. The van der Waals surface area contributed by atoms with Gasteiger partial charge in [0.05, 0.1) is 23.1 Å². The summed E-state index contributed by atoms with van der Waals surface area (Å²) in [5, 5.41) is 5.57. The normalized spacial score (nSPS) is 13.7. The molecule has 0 aliphatic carbocycles. The highest BCUT2D eigenvalue weighted by Crippen LogP contribution is 2.22. The topological polar surface area (TPSA) is 78.5 Å². The first-order chi connectivity index (χ1) is 11.0. The van der Waals surface area contributed by atoms with Gasteiger partial charge in [-0.05, 0) is 31.0 Å². The van der Waals surface area contributed by atoms with E-state index in [0.717, 1.165) is 25.9 Å². The molecular formula is C15H17Cl2N3O3. The highest BCUT2D eigenvalue weighted by atomic mass is 35.5. The van der Waals surface area contributed by atoms with Crippen LogP contribution in [0.1, 0.15) is 23.2 Å². The Kier molecular flexibility index (Phi) is 6.24. The average Bonchev–Trinajstić information content (AvgIpc) is 3.07. The maximum Gasteiger partial charge on any atom is 0.251 e. The van der Waals surface area contributed by atoms with E-state index in [0.29, 0.717) is 10.6 Å². The number of halogens is 2. The summed E-state index contributed by atoms with van der Waals surface area (Å²) in [7, 11) is 0. The van der Waals surface area contributed by atoms with Gasteiger partial charge in [-0.15, -0.1) is 0 Å². The summed E-state index contributed by atoms with van der Waals surface area (Å²) in [6.45, 7) is 1.21. The molecule has 1 fully saturated rings. The lowest BCUT2D eigenvalue weighted by atomic mass is 10.2. The van der Waals surface area contributed by atoms with E-state index in [4.69, 9.17) is 23.2 Å². The molecule has 1 saturated heterocycles. The van der Waals surface area contributed by atoms with Gasteiger partial charge in [-0.3, -0.25) is 14.4 Å². The molecule has 0 atom stereocenters. The first-order valence-electron chi connectivity index (χ1n) is 7.25. The Morgan fingerprint density at radius 1 is 1.00 bits per heavy atom. The van der Waals surface area contributed by atoms with E-state index in [1.54, 1.807) is 4.90 Å². The fourth-order valence-corrected chi connectivity index (χ4v) is 2.51. The summed E-state index contributed by atoms with van der Waals surface area (Å²) in [4.78, 5) is 37.1. The lowest BCUT2D eigenvalue weighted by Gasteiger charge is -2.15. The van der Waals surface area contributed by atoms with Crippen LogP contribution in [0.5, 0.6) is 0 Å². The average molecular weight is 358 g/mol. The van der Waals surface area contributed by atoms with Gasteiger partial charge in [0.15, 0.2) is 0 Å². The Hall–Kier alpha value is -1.79. The Bertz CT molecular complexity index is 616. The Morgan fingerprint density at radius 2 is 1.70 bits per heavy atom. The number of benzene rings is 1. The van der Waals surface area contributed by atoms with Gasteiger partial charge in [-0.1, -0.05) is 23.2 Å². The molecule has 124 valence electrons. The number of hydrogen-bond donors (Lipinski definition) is 2. The van der Waals surface area contributed by atoms with Crippen LogP contribution in [0.2, 0.25) is 10.0 Å². The van der Waals surface area contributed by atoms with Crippen molar-refractivity contribution in [3.63, 3.8) is 0 Å². The van der Waals surface area contributed by atoms with Crippen LogP contribution in [0.4, 0.5) is 0 Å². The lowest BCUT2D eigenvalue weighted by molar-refractivity contribution is -0.131. The number of likely N-dealkylation sites (tertiary alicyclic amines) is 1. The van der Waals surface area contributed by atoms with Gasteiger partial charge in [-0.2, -0.15) is 0 Å². The third-order valence-electron chi connectivity index (χ3n) is 3.49. The molecule has 6 nitrogen and oxygen atoms in total. The fraction of sp³-hybridized carbons (Fsp3) is 0.400. The van der Waals surface area contributed by atoms with Crippen molar-refractivity contribution in [2.24, 2.45) is 0 Å². The SMILES string of the molecule is O=C(CNC(=O)c1ccc(Cl)c(Cl)c1)NCC(=O)N1CCCC1. The first-order valence-corrected chi connectivity index (χ1v) is 8.00. The van der Waals surface area contributed by atoms with Crippen molar-refractivity contribution in [3.05, 3.63) is 33.8 Å². The van der Waals surface area contributed by atoms with E-state index in [2.05, 4.69) is 10.6 Å². The van der Waals surface area contributed by atoms with Crippen LogP contribution >= 0.6 is 23.2 Å². The number of amides is 3. The summed E-state index contributed by atoms with van der Waals surface area (Å²) in [5.74, 6) is -0.970. The Labute approximate surface area is 144 Å². The molecule has 23 heavy (non-hydrogen) atoms. The molecule has 8 heteroatoms. The molecule has 0 saturated carbocycles. The zero-order valence-corrected chi connectivity index (χ0v) is 13.9. The highest BCUT2D eigenvalue weighted by molar-refractivity contribution is 6.42. The zero-order valence-electron chi connectivity index (χ0n) is 12.4. The van der Waals surface area contributed by atoms with Crippen LogP contribution in [0.15, 0.2) is 18.2 Å². The van der Waals surface area contributed by atoms with Crippen molar-refractivity contribution >= 4 is 40.9 Å². The molecule has 0 aromatic heterocycles. The number of carbonyl (C=O) groups is 3. The van der Waals surface area contributed by atoms with Gasteiger partial charge in [0, 0.05) is 18.7 Å². The number of hydrogen-bond acceptors (Lipinski definition) is 3. The standard InChI is InChI=1S/C15H17Cl2N3O3/c16-11-4-3-10(7-12(11)17)15(23)19-8-13(21)18-9-14(22)20-5-1-2-6-20/h3-4,7H,1-2,5-6,8-9H2,(H,18,21)(H,19,23). The Balaban J connectivity index is 1.74. The second kappa shape index (κ2) is 8.17. The molecule has 3 amide bonds. The summed E-state index contributed by atoms with van der Waals surface area (Å²) in [5.41, 5.74) is 0.306. The molecule has 0 spiro atoms. The van der Waals surface area contributed by atoms with Crippen molar-refractivity contribution in [1.82, 2.24) is 15.5 Å². The second-order valence-electron chi connectivity index (χ2n) is 5.18. The van der Waals surface area contributed by atoms with E-state index >= 15 is 0 Å². The van der Waals surface area contributed by atoms with Crippen LogP contribution in [0.25, 0.3) is 0 Å². The first kappa shape index (κ1) is 17.6. The highest BCUT2D eigenvalue weighted by Gasteiger charge is 2.18. The van der Waals surface area contributed by atoms with Crippen molar-refractivity contribution in [2.45, 2.75) is 12.8 Å². The molecule has 1 heterocycles. The van der Waals surface area contributed by atoms with Crippen molar-refractivity contribution < 1.29 is 14.4 Å². The minimum atomic E-state index is -0.440. The van der Waals surface area contributed by atoms with Crippen LogP contribution in [-0.4, -0.2) is 48.8 Å². The third kappa shape index (κ3) is 5.11. The van der Waals surface area contributed by atoms with Crippen LogP contribution in [0.3, 0.4) is 0 Å². The van der Waals surface area contributed by atoms with E-state index in [1.807, 2.05) is 0 Å². The summed E-state index contributed by atoms with van der Waals surface area (Å²) >= 11 is 11.6. The fourth-order valence-electron chi connectivity index (χ4n) is 2.22. The number of carbonyl (C=O) groups excluding carboxylic acids is 3. The summed E-state index contributed by atoms with van der Waals surface area (Å²) in [6, 6.07) is 4.44. The monoisotopic (exact) mass is 357 g/mol. The maximum atomic E-state index is 11.9. The summed E-state index contributed by atoms with van der Waals surface area (Å²) < 4.78 is 0. The second-order valence-corrected chi connectivity index (χ2v) is 5.99. The molecule has 1 aliphatic rings. The van der Waals surface area contributed by atoms with E-state index in [1.165, 1.54) is 18.2 Å². The van der Waals surface area contributed by atoms with Gasteiger partial charge in [0.2, 0.25) is 11.8 Å². The van der Waals surface area contributed by atoms with Gasteiger partial charge < -0.3 is 15.5 Å². The van der Waals surface area contributed by atoms with Gasteiger partial charge >= 0.3 is 0 Å². The van der Waals surface area contributed by atoms with Gasteiger partial charge in [-0.25, -0.2) is 0 Å².